The predicted octanol–water partition coefficient (Wildman–Crippen LogP) is 17.8. The fourth-order valence-electron chi connectivity index (χ4n) is 11.4. The van der Waals surface area contributed by atoms with Crippen LogP contribution in [0.4, 0.5) is 17.1 Å². The summed E-state index contributed by atoms with van der Waals surface area (Å²) in [6, 6.07) is 78.3. The summed E-state index contributed by atoms with van der Waals surface area (Å²) in [4.78, 5) is 2.46. The maximum Gasteiger partial charge on any atom is 0.143 e. The van der Waals surface area contributed by atoms with Gasteiger partial charge in [0, 0.05) is 44.1 Å². The van der Waals surface area contributed by atoms with Crippen LogP contribution in [0.1, 0.15) is 49.9 Å². The first-order valence-corrected chi connectivity index (χ1v) is 23.2. The van der Waals surface area contributed by atoms with E-state index in [1.165, 1.54) is 83.3 Å². The molecule has 0 radical (unpaired) electrons. The van der Waals surface area contributed by atoms with E-state index >= 15 is 0 Å². The average molecular weight is 846 g/mol. The van der Waals surface area contributed by atoms with Crippen LogP contribution in [0.2, 0.25) is 0 Å². The van der Waals surface area contributed by atoms with Crippen LogP contribution in [-0.4, -0.2) is 0 Å². The van der Waals surface area contributed by atoms with Crippen molar-refractivity contribution in [1.29, 1.82) is 0 Å². The molecule has 0 bridgehead atoms. The monoisotopic (exact) mass is 845 g/mol. The topological polar surface area (TPSA) is 16.4 Å². The van der Waals surface area contributed by atoms with Gasteiger partial charge in [-0.1, -0.05) is 185 Å². The highest BCUT2D eigenvalue weighted by Crippen LogP contribution is 2.54. The van der Waals surface area contributed by atoms with Gasteiger partial charge in [0.1, 0.15) is 11.2 Å². The molecule has 0 amide bonds. The van der Waals surface area contributed by atoms with Gasteiger partial charge in [0.25, 0.3) is 0 Å². The zero-order valence-electron chi connectivity index (χ0n) is 37.6. The Morgan fingerprint density at radius 1 is 0.303 bits per heavy atom. The maximum absolute atomic E-state index is 6.41. The van der Waals surface area contributed by atoms with E-state index in [0.29, 0.717) is 0 Å². The summed E-state index contributed by atoms with van der Waals surface area (Å²) < 4.78 is 6.41. The van der Waals surface area contributed by atoms with E-state index in [1.54, 1.807) is 0 Å². The number of anilines is 3. The SMILES string of the molecule is CC1(C)c2ccccc2-c2ccc(N(c3ccc(-c4ccc(-c5cc6c7ccccc7oc6c6ccccc56)cc4)cc3)c3ccc4c(c3)C(C)(C)c3cc(-c5ccccc5)ccc3-4)cc21. The number of furan rings is 1. The van der Waals surface area contributed by atoms with Crippen molar-refractivity contribution in [2.24, 2.45) is 0 Å². The van der Waals surface area contributed by atoms with Crippen LogP contribution < -0.4 is 4.90 Å². The van der Waals surface area contributed by atoms with Crippen molar-refractivity contribution in [3.8, 4) is 55.6 Å². The van der Waals surface area contributed by atoms with E-state index < -0.39 is 0 Å². The van der Waals surface area contributed by atoms with Gasteiger partial charge in [-0.05, 0) is 138 Å². The molecule has 0 saturated heterocycles. The lowest BCUT2D eigenvalue weighted by atomic mass is 9.81. The zero-order chi connectivity index (χ0) is 44.3. The molecule has 13 rings (SSSR count). The van der Waals surface area contributed by atoms with Gasteiger partial charge in [-0.3, -0.25) is 0 Å². The number of benzene rings is 10. The highest BCUT2D eigenvalue weighted by atomic mass is 16.3. The molecule has 10 aromatic carbocycles. The maximum atomic E-state index is 6.41. The van der Waals surface area contributed by atoms with Crippen LogP contribution in [0.5, 0.6) is 0 Å². The van der Waals surface area contributed by atoms with Gasteiger partial charge in [0.15, 0.2) is 0 Å². The van der Waals surface area contributed by atoms with Gasteiger partial charge in [0.2, 0.25) is 0 Å². The molecule has 2 heteroatoms. The summed E-state index contributed by atoms with van der Waals surface area (Å²) in [5.74, 6) is 0. The molecule has 11 aromatic rings. The number of rotatable bonds is 6. The fourth-order valence-corrected chi connectivity index (χ4v) is 11.4. The van der Waals surface area contributed by atoms with Crippen molar-refractivity contribution >= 4 is 49.8 Å². The van der Waals surface area contributed by atoms with Gasteiger partial charge >= 0.3 is 0 Å². The first kappa shape index (κ1) is 38.5. The Bertz CT molecular complexity index is 3740. The van der Waals surface area contributed by atoms with E-state index in [1.807, 2.05) is 6.07 Å². The summed E-state index contributed by atoms with van der Waals surface area (Å²) in [7, 11) is 0. The lowest BCUT2D eigenvalue weighted by molar-refractivity contribution is 0.660. The molecule has 0 aliphatic heterocycles. The Labute approximate surface area is 386 Å². The van der Waals surface area contributed by atoms with E-state index in [4.69, 9.17) is 4.42 Å². The van der Waals surface area contributed by atoms with Crippen LogP contribution in [0.15, 0.2) is 217 Å². The van der Waals surface area contributed by atoms with Crippen molar-refractivity contribution in [3.05, 3.63) is 235 Å². The largest absolute Gasteiger partial charge is 0.455 e. The van der Waals surface area contributed by atoms with Crippen LogP contribution >= 0.6 is 0 Å². The minimum absolute atomic E-state index is 0.119. The van der Waals surface area contributed by atoms with Crippen LogP contribution in [-0.2, 0) is 10.8 Å². The molecular formula is C64H47NO. The van der Waals surface area contributed by atoms with Gasteiger partial charge in [-0.2, -0.15) is 0 Å². The van der Waals surface area contributed by atoms with E-state index in [-0.39, 0.29) is 10.8 Å². The molecule has 0 fully saturated rings. The lowest BCUT2D eigenvalue weighted by Gasteiger charge is -2.30. The molecule has 0 saturated carbocycles. The Morgan fingerprint density at radius 3 is 1.47 bits per heavy atom. The molecule has 2 nitrogen and oxygen atoms in total. The normalized spacial score (nSPS) is 14.0. The molecule has 66 heavy (non-hydrogen) atoms. The molecule has 0 spiro atoms. The number of hydrogen-bond acceptors (Lipinski definition) is 2. The van der Waals surface area contributed by atoms with Crippen LogP contribution in [0, 0.1) is 0 Å². The molecule has 0 N–H and O–H groups in total. The second-order valence-electron chi connectivity index (χ2n) is 19.3. The second-order valence-corrected chi connectivity index (χ2v) is 19.3. The highest BCUT2D eigenvalue weighted by molar-refractivity contribution is 6.19. The molecule has 314 valence electrons. The Kier molecular flexibility index (Phi) is 8.33. The molecular weight excluding hydrogens is 799 g/mol. The van der Waals surface area contributed by atoms with Crippen molar-refractivity contribution in [1.82, 2.24) is 0 Å². The fraction of sp³-hybridized carbons (Fsp3) is 0.0938. The smallest absolute Gasteiger partial charge is 0.143 e. The van der Waals surface area contributed by atoms with Crippen LogP contribution in [0.3, 0.4) is 0 Å². The minimum Gasteiger partial charge on any atom is -0.455 e. The molecule has 2 aliphatic rings. The van der Waals surface area contributed by atoms with Crippen LogP contribution in [0.25, 0.3) is 88.3 Å². The first-order chi connectivity index (χ1) is 32.2. The van der Waals surface area contributed by atoms with Gasteiger partial charge in [0.05, 0.1) is 0 Å². The van der Waals surface area contributed by atoms with E-state index in [9.17, 15) is 0 Å². The zero-order valence-corrected chi connectivity index (χ0v) is 37.6. The Hall–Kier alpha value is -7.94. The molecule has 0 atom stereocenters. The summed E-state index contributed by atoms with van der Waals surface area (Å²) >= 11 is 0. The van der Waals surface area contributed by atoms with Crippen molar-refractivity contribution in [3.63, 3.8) is 0 Å². The first-order valence-electron chi connectivity index (χ1n) is 23.2. The van der Waals surface area contributed by atoms with Crippen molar-refractivity contribution < 1.29 is 4.42 Å². The minimum atomic E-state index is -0.181. The average Bonchev–Trinajstić information content (AvgIpc) is 3.93. The number of hydrogen-bond donors (Lipinski definition) is 0. The van der Waals surface area contributed by atoms with E-state index in [0.717, 1.165) is 44.4 Å². The number of fused-ring (bicyclic) bond motifs is 11. The molecule has 1 heterocycles. The third kappa shape index (κ3) is 5.74. The van der Waals surface area contributed by atoms with Gasteiger partial charge in [-0.15, -0.1) is 0 Å². The summed E-state index contributed by atoms with van der Waals surface area (Å²) in [5.41, 5.74) is 23.0. The highest BCUT2D eigenvalue weighted by Gasteiger charge is 2.38. The molecule has 1 aromatic heterocycles. The summed E-state index contributed by atoms with van der Waals surface area (Å²) in [6.45, 7) is 9.50. The van der Waals surface area contributed by atoms with E-state index in [2.05, 4.69) is 239 Å². The van der Waals surface area contributed by atoms with Crippen molar-refractivity contribution in [2.75, 3.05) is 4.90 Å². The third-order valence-corrected chi connectivity index (χ3v) is 14.9. The molecule has 0 unspecified atom stereocenters. The standard InChI is InChI=1S/C64H47NO/c1-63(2)57-20-12-10-17-49(57)51-34-31-46(37-59(51)63)65(47-32-35-52-50-33-28-44(40-14-6-5-7-15-40)36-58(50)64(3,4)60(52)38-47)45-29-26-42(27-30-45)41-22-24-43(25-23-41)55-39-56-53-18-11-13-21-61(53)66-62(56)54-19-9-8-16-48(54)55/h5-39H,1-4H3. The summed E-state index contributed by atoms with van der Waals surface area (Å²) in [6.07, 6.45) is 0. The lowest BCUT2D eigenvalue weighted by Crippen LogP contribution is -2.18. The second kappa shape index (κ2) is 14.3. The van der Waals surface area contributed by atoms with Gasteiger partial charge < -0.3 is 9.32 Å². The Morgan fingerprint density at radius 2 is 0.773 bits per heavy atom. The van der Waals surface area contributed by atoms with Crippen molar-refractivity contribution in [2.45, 2.75) is 38.5 Å². The number of nitrogens with zero attached hydrogens (tertiary/aromatic N) is 1. The Balaban J connectivity index is 0.893. The quantitative estimate of drug-likeness (QED) is 0.166. The predicted molar refractivity (Wildman–Crippen MR) is 277 cm³/mol. The number of para-hydroxylation sites is 1. The van der Waals surface area contributed by atoms with Gasteiger partial charge in [-0.25, -0.2) is 0 Å². The summed E-state index contributed by atoms with van der Waals surface area (Å²) in [5, 5.41) is 4.62. The third-order valence-electron chi connectivity index (χ3n) is 14.9. The molecule has 2 aliphatic carbocycles.